The highest BCUT2D eigenvalue weighted by atomic mass is 16.4. The fourth-order valence-corrected chi connectivity index (χ4v) is 3.21. The van der Waals surface area contributed by atoms with Crippen molar-refractivity contribution in [2.75, 3.05) is 6.54 Å². The van der Waals surface area contributed by atoms with E-state index in [2.05, 4.69) is 17.4 Å². The fraction of sp³-hybridized carbons (Fsp3) is 0.588. The van der Waals surface area contributed by atoms with Gasteiger partial charge in [-0.25, -0.2) is 0 Å². The lowest BCUT2D eigenvalue weighted by molar-refractivity contribution is 0.284. The van der Waals surface area contributed by atoms with Gasteiger partial charge in [-0.1, -0.05) is 48.8 Å². The number of oxime groups is 1. The Labute approximate surface area is 127 Å². The van der Waals surface area contributed by atoms with Crippen molar-refractivity contribution in [1.82, 2.24) is 5.32 Å². The maximum absolute atomic E-state index is 9.01. The third-order valence-electron chi connectivity index (χ3n) is 4.71. The molecular weight excluding hydrogens is 262 g/mol. The molecule has 1 aliphatic carbocycles. The van der Waals surface area contributed by atoms with Crippen LogP contribution in [0.4, 0.5) is 0 Å². The van der Waals surface area contributed by atoms with Gasteiger partial charge in [-0.2, -0.15) is 0 Å². The van der Waals surface area contributed by atoms with Gasteiger partial charge in [-0.05, 0) is 37.2 Å². The molecule has 0 heterocycles. The Hall–Kier alpha value is -1.55. The van der Waals surface area contributed by atoms with E-state index in [9.17, 15) is 0 Å². The lowest BCUT2D eigenvalue weighted by atomic mass is 9.84. The van der Waals surface area contributed by atoms with Crippen LogP contribution in [0.2, 0.25) is 0 Å². The van der Waals surface area contributed by atoms with E-state index >= 15 is 0 Å². The molecule has 21 heavy (non-hydrogen) atoms. The van der Waals surface area contributed by atoms with Crippen molar-refractivity contribution >= 4 is 5.84 Å². The molecule has 1 atom stereocenters. The molecule has 116 valence electrons. The molecule has 2 rings (SSSR count). The van der Waals surface area contributed by atoms with E-state index in [0.717, 1.165) is 18.0 Å². The Morgan fingerprint density at radius 1 is 1.29 bits per heavy atom. The van der Waals surface area contributed by atoms with Crippen molar-refractivity contribution in [2.45, 2.75) is 51.0 Å². The number of nitrogens with two attached hydrogens (primary N) is 1. The molecule has 0 bridgehead atoms. The quantitative estimate of drug-likeness (QED) is 0.326. The summed E-state index contributed by atoms with van der Waals surface area (Å²) in [5.41, 5.74) is 6.95. The van der Waals surface area contributed by atoms with Gasteiger partial charge in [0.1, 0.15) is 5.84 Å². The molecule has 4 nitrogen and oxygen atoms in total. The molecule has 1 aliphatic rings. The first-order chi connectivity index (χ1) is 10.2. The molecule has 1 aromatic rings. The molecule has 0 amide bonds. The monoisotopic (exact) mass is 289 g/mol. The van der Waals surface area contributed by atoms with E-state index in [1.807, 2.05) is 30.3 Å². The number of amidine groups is 1. The second-order valence-corrected chi connectivity index (χ2v) is 6.02. The smallest absolute Gasteiger partial charge is 0.147 e. The number of nitrogens with zero attached hydrogens (tertiary/aromatic N) is 1. The Morgan fingerprint density at radius 2 is 1.95 bits per heavy atom. The van der Waals surface area contributed by atoms with E-state index in [-0.39, 0.29) is 11.8 Å². The Balaban J connectivity index is 1.92. The molecular formula is C17H27N3O. The maximum Gasteiger partial charge on any atom is 0.147 e. The van der Waals surface area contributed by atoms with Crippen molar-refractivity contribution in [3.05, 3.63) is 35.9 Å². The fourth-order valence-electron chi connectivity index (χ4n) is 3.21. The molecule has 1 aromatic carbocycles. The number of benzene rings is 1. The second kappa shape index (κ2) is 8.03. The lowest BCUT2D eigenvalue weighted by Gasteiger charge is -2.30. The van der Waals surface area contributed by atoms with Gasteiger partial charge >= 0.3 is 0 Å². The highest BCUT2D eigenvalue weighted by Crippen LogP contribution is 2.27. The predicted molar refractivity (Wildman–Crippen MR) is 86.6 cm³/mol. The van der Waals surface area contributed by atoms with Gasteiger partial charge in [0.2, 0.25) is 0 Å². The summed E-state index contributed by atoms with van der Waals surface area (Å²) in [6.45, 7) is 3.00. The summed E-state index contributed by atoms with van der Waals surface area (Å²) in [5, 5.41) is 15.8. The first-order valence-corrected chi connectivity index (χ1v) is 8.00. The minimum Gasteiger partial charge on any atom is -0.409 e. The first kappa shape index (κ1) is 15.8. The highest BCUT2D eigenvalue weighted by molar-refractivity contribution is 5.87. The largest absolute Gasteiger partial charge is 0.409 e. The molecule has 0 aliphatic heterocycles. The standard InChI is InChI=1S/C17H27N3O/c1-2-13-8-10-15(11-9-13)19-12-16(17(18)20-21)14-6-4-3-5-7-14/h3-7,13,15-16,19,21H,2,8-12H2,1H3,(H2,18,20). The van der Waals surface area contributed by atoms with Crippen LogP contribution in [-0.4, -0.2) is 23.6 Å². The third-order valence-corrected chi connectivity index (χ3v) is 4.71. The summed E-state index contributed by atoms with van der Waals surface area (Å²) in [4.78, 5) is 0. The summed E-state index contributed by atoms with van der Waals surface area (Å²) in [6, 6.07) is 10.6. The Bertz CT molecular complexity index is 439. The van der Waals surface area contributed by atoms with Gasteiger partial charge in [0.15, 0.2) is 0 Å². The SMILES string of the molecule is CCC1CCC(NCC(C(N)=NO)c2ccccc2)CC1. The molecule has 0 spiro atoms. The van der Waals surface area contributed by atoms with Crippen LogP contribution in [0.3, 0.4) is 0 Å². The number of rotatable bonds is 6. The van der Waals surface area contributed by atoms with Crippen LogP contribution in [0.25, 0.3) is 0 Å². The van der Waals surface area contributed by atoms with Crippen molar-refractivity contribution < 1.29 is 5.21 Å². The first-order valence-electron chi connectivity index (χ1n) is 8.00. The molecule has 4 N–H and O–H groups in total. The third kappa shape index (κ3) is 4.46. The van der Waals surface area contributed by atoms with Crippen molar-refractivity contribution in [1.29, 1.82) is 0 Å². The van der Waals surface area contributed by atoms with Crippen LogP contribution in [0.15, 0.2) is 35.5 Å². The number of hydrogen-bond donors (Lipinski definition) is 3. The van der Waals surface area contributed by atoms with Crippen LogP contribution in [0.1, 0.15) is 50.5 Å². The van der Waals surface area contributed by atoms with E-state index in [0.29, 0.717) is 6.04 Å². The van der Waals surface area contributed by atoms with Gasteiger partial charge in [-0.3, -0.25) is 0 Å². The van der Waals surface area contributed by atoms with Crippen LogP contribution < -0.4 is 11.1 Å². The number of nitrogens with one attached hydrogen (secondary N) is 1. The summed E-state index contributed by atoms with van der Waals surface area (Å²) < 4.78 is 0. The lowest BCUT2D eigenvalue weighted by Crippen LogP contribution is -2.39. The zero-order chi connectivity index (χ0) is 15.1. The molecule has 0 saturated heterocycles. The van der Waals surface area contributed by atoms with Crippen LogP contribution in [0.5, 0.6) is 0 Å². The van der Waals surface area contributed by atoms with Gasteiger partial charge < -0.3 is 16.3 Å². The zero-order valence-electron chi connectivity index (χ0n) is 12.8. The zero-order valence-corrected chi connectivity index (χ0v) is 12.8. The van der Waals surface area contributed by atoms with Gasteiger partial charge in [0.05, 0.1) is 5.92 Å². The minimum atomic E-state index is -0.0694. The van der Waals surface area contributed by atoms with Crippen LogP contribution in [-0.2, 0) is 0 Å². The molecule has 4 heteroatoms. The van der Waals surface area contributed by atoms with Gasteiger partial charge in [0.25, 0.3) is 0 Å². The molecule has 1 saturated carbocycles. The molecule has 0 aromatic heterocycles. The Kier molecular flexibility index (Phi) is 6.05. The molecule has 1 unspecified atom stereocenters. The van der Waals surface area contributed by atoms with Gasteiger partial charge in [0, 0.05) is 12.6 Å². The normalized spacial score (nSPS) is 24.7. The van der Waals surface area contributed by atoms with E-state index < -0.39 is 0 Å². The van der Waals surface area contributed by atoms with E-state index in [4.69, 9.17) is 10.9 Å². The minimum absolute atomic E-state index is 0.0694. The van der Waals surface area contributed by atoms with Gasteiger partial charge in [-0.15, -0.1) is 0 Å². The summed E-state index contributed by atoms with van der Waals surface area (Å²) in [5.74, 6) is 1.10. The maximum atomic E-state index is 9.01. The Morgan fingerprint density at radius 3 is 2.52 bits per heavy atom. The summed E-state index contributed by atoms with van der Waals surface area (Å²) >= 11 is 0. The highest BCUT2D eigenvalue weighted by Gasteiger charge is 2.22. The van der Waals surface area contributed by atoms with E-state index in [1.165, 1.54) is 32.1 Å². The average Bonchev–Trinajstić information content (AvgIpc) is 2.56. The average molecular weight is 289 g/mol. The topological polar surface area (TPSA) is 70.6 Å². The molecule has 1 fully saturated rings. The summed E-state index contributed by atoms with van der Waals surface area (Å²) in [6.07, 6.45) is 6.39. The number of hydrogen-bond acceptors (Lipinski definition) is 3. The van der Waals surface area contributed by atoms with Crippen molar-refractivity contribution in [3.63, 3.8) is 0 Å². The summed E-state index contributed by atoms with van der Waals surface area (Å²) in [7, 11) is 0. The molecule has 0 radical (unpaired) electrons. The predicted octanol–water partition coefficient (Wildman–Crippen LogP) is 3.08. The second-order valence-electron chi connectivity index (χ2n) is 6.02. The van der Waals surface area contributed by atoms with E-state index in [1.54, 1.807) is 0 Å². The van der Waals surface area contributed by atoms with Crippen molar-refractivity contribution in [2.24, 2.45) is 16.8 Å². The van der Waals surface area contributed by atoms with Crippen molar-refractivity contribution in [3.8, 4) is 0 Å². The van der Waals surface area contributed by atoms with Crippen LogP contribution >= 0.6 is 0 Å². The van der Waals surface area contributed by atoms with Crippen LogP contribution in [0, 0.1) is 5.92 Å².